The number of thiophene rings is 1. The molecule has 2 rings (SSSR count). The van der Waals surface area contributed by atoms with Crippen LogP contribution in [-0.4, -0.2) is 55.1 Å². The fraction of sp³-hybridized carbons (Fsp3) is 0.706. The average molecular weight is 355 g/mol. The molecule has 0 saturated carbocycles. The van der Waals surface area contributed by atoms with E-state index in [4.69, 9.17) is 0 Å². The van der Waals surface area contributed by atoms with Crippen LogP contribution in [0, 0.1) is 0 Å². The second kappa shape index (κ2) is 8.94. The van der Waals surface area contributed by atoms with Gasteiger partial charge in [0.15, 0.2) is 5.96 Å². The second-order valence-corrected chi connectivity index (χ2v) is 9.04. The molecule has 1 aromatic heterocycles. The average Bonchev–Trinajstić information content (AvgIpc) is 3.24. The molecular formula is C17H30N4S2. The number of nitrogens with one attached hydrogen (secondary N) is 2. The lowest BCUT2D eigenvalue weighted by Gasteiger charge is -2.28. The molecule has 1 unspecified atom stereocenters. The summed E-state index contributed by atoms with van der Waals surface area (Å²) in [4.78, 5) is 8.41. The molecule has 4 nitrogen and oxygen atoms in total. The number of thioether (sulfide) groups is 1. The van der Waals surface area contributed by atoms with E-state index in [-0.39, 0.29) is 4.75 Å². The topological polar surface area (TPSA) is 39.7 Å². The van der Waals surface area contributed by atoms with E-state index in [0.717, 1.165) is 19.0 Å². The van der Waals surface area contributed by atoms with Gasteiger partial charge in [0, 0.05) is 29.8 Å². The summed E-state index contributed by atoms with van der Waals surface area (Å²) in [6.45, 7) is 8.71. The van der Waals surface area contributed by atoms with Crippen LogP contribution in [0.2, 0.25) is 0 Å². The van der Waals surface area contributed by atoms with Gasteiger partial charge in [-0.2, -0.15) is 11.8 Å². The number of aliphatic imine (C=N–C) groups is 1. The summed E-state index contributed by atoms with van der Waals surface area (Å²) >= 11 is 3.72. The number of likely N-dealkylation sites (tertiary alicyclic amines) is 1. The quantitative estimate of drug-likeness (QED) is 0.583. The van der Waals surface area contributed by atoms with Crippen LogP contribution in [0.15, 0.2) is 22.5 Å². The molecule has 1 aliphatic heterocycles. The van der Waals surface area contributed by atoms with Crippen molar-refractivity contribution < 1.29 is 0 Å². The molecule has 0 radical (unpaired) electrons. The van der Waals surface area contributed by atoms with Crippen molar-refractivity contribution in [3.8, 4) is 0 Å². The van der Waals surface area contributed by atoms with E-state index in [0.29, 0.717) is 6.04 Å². The van der Waals surface area contributed by atoms with Crippen molar-refractivity contribution in [2.75, 3.05) is 39.5 Å². The Morgan fingerprint density at radius 2 is 2.13 bits per heavy atom. The van der Waals surface area contributed by atoms with Crippen LogP contribution in [0.4, 0.5) is 0 Å². The van der Waals surface area contributed by atoms with Gasteiger partial charge in [-0.3, -0.25) is 9.89 Å². The summed E-state index contributed by atoms with van der Waals surface area (Å²) in [6.07, 6.45) is 4.78. The van der Waals surface area contributed by atoms with Gasteiger partial charge in [-0.05, 0) is 57.5 Å². The van der Waals surface area contributed by atoms with E-state index in [9.17, 15) is 0 Å². The minimum absolute atomic E-state index is 0.208. The van der Waals surface area contributed by atoms with Crippen LogP contribution in [-0.2, 0) is 0 Å². The predicted octanol–water partition coefficient (Wildman–Crippen LogP) is 3.19. The van der Waals surface area contributed by atoms with Crippen molar-refractivity contribution in [2.45, 2.75) is 37.5 Å². The van der Waals surface area contributed by atoms with Gasteiger partial charge in [-0.15, -0.1) is 11.3 Å². The zero-order chi connectivity index (χ0) is 16.7. The maximum atomic E-state index is 4.38. The second-order valence-electron chi connectivity index (χ2n) is 6.54. The molecule has 2 N–H and O–H groups in total. The van der Waals surface area contributed by atoms with Crippen LogP contribution in [0.25, 0.3) is 0 Å². The first-order valence-electron chi connectivity index (χ1n) is 8.33. The van der Waals surface area contributed by atoms with E-state index in [1.807, 2.05) is 30.1 Å². The van der Waals surface area contributed by atoms with E-state index in [2.05, 4.69) is 58.1 Å². The summed E-state index contributed by atoms with van der Waals surface area (Å²) in [6, 6.07) is 4.85. The molecule has 6 heteroatoms. The molecule has 0 bridgehead atoms. The highest BCUT2D eigenvalue weighted by atomic mass is 32.2. The Labute approximate surface area is 149 Å². The molecule has 1 aromatic rings. The van der Waals surface area contributed by atoms with Crippen molar-refractivity contribution in [3.63, 3.8) is 0 Å². The van der Waals surface area contributed by atoms with Crippen LogP contribution < -0.4 is 10.6 Å². The molecule has 1 aliphatic rings. The van der Waals surface area contributed by atoms with Gasteiger partial charge < -0.3 is 10.6 Å². The number of rotatable bonds is 7. The van der Waals surface area contributed by atoms with Crippen LogP contribution in [0.3, 0.4) is 0 Å². The first-order valence-corrected chi connectivity index (χ1v) is 10.4. The fourth-order valence-corrected chi connectivity index (χ4v) is 3.80. The Bertz CT molecular complexity index is 479. The van der Waals surface area contributed by atoms with Gasteiger partial charge in [-0.1, -0.05) is 6.07 Å². The predicted molar refractivity (Wildman–Crippen MR) is 105 cm³/mol. The Balaban J connectivity index is 1.91. The van der Waals surface area contributed by atoms with Crippen LogP contribution in [0.5, 0.6) is 0 Å². The molecule has 1 atom stereocenters. The molecule has 0 aromatic carbocycles. The Morgan fingerprint density at radius 1 is 1.39 bits per heavy atom. The zero-order valence-corrected chi connectivity index (χ0v) is 16.4. The van der Waals surface area contributed by atoms with E-state index in [1.54, 1.807) is 0 Å². The molecule has 130 valence electrons. The van der Waals surface area contributed by atoms with Crippen LogP contribution >= 0.6 is 23.1 Å². The number of hydrogen-bond acceptors (Lipinski definition) is 4. The third-order valence-corrected chi connectivity index (χ3v) is 6.60. The smallest absolute Gasteiger partial charge is 0.191 e. The molecular weight excluding hydrogens is 324 g/mol. The van der Waals surface area contributed by atoms with Gasteiger partial charge in [0.25, 0.3) is 0 Å². The molecule has 1 fully saturated rings. The van der Waals surface area contributed by atoms with Crippen molar-refractivity contribution in [1.82, 2.24) is 15.5 Å². The highest BCUT2D eigenvalue weighted by Gasteiger charge is 2.24. The summed E-state index contributed by atoms with van der Waals surface area (Å²) < 4.78 is 0.208. The van der Waals surface area contributed by atoms with Gasteiger partial charge in [-0.25, -0.2) is 0 Å². The highest BCUT2D eigenvalue weighted by molar-refractivity contribution is 7.99. The maximum absolute atomic E-state index is 4.38. The molecule has 23 heavy (non-hydrogen) atoms. The Morgan fingerprint density at radius 3 is 2.70 bits per heavy atom. The molecule has 2 heterocycles. The van der Waals surface area contributed by atoms with E-state index < -0.39 is 0 Å². The van der Waals surface area contributed by atoms with Gasteiger partial charge >= 0.3 is 0 Å². The van der Waals surface area contributed by atoms with E-state index >= 15 is 0 Å². The molecule has 0 spiro atoms. The largest absolute Gasteiger partial charge is 0.355 e. The molecule has 1 saturated heterocycles. The number of nitrogens with zero attached hydrogens (tertiary/aromatic N) is 2. The summed E-state index contributed by atoms with van der Waals surface area (Å²) in [7, 11) is 1.84. The van der Waals surface area contributed by atoms with Crippen molar-refractivity contribution in [1.29, 1.82) is 0 Å². The number of guanidine groups is 1. The lowest BCUT2D eigenvalue weighted by atomic mass is 10.2. The SMILES string of the molecule is CN=C(NCC(c1cccs1)N1CCCC1)NCC(C)(C)SC. The summed E-state index contributed by atoms with van der Waals surface area (Å²) in [5.74, 6) is 0.896. The van der Waals surface area contributed by atoms with Gasteiger partial charge in [0.05, 0.1) is 6.04 Å². The van der Waals surface area contributed by atoms with Crippen molar-refractivity contribution in [3.05, 3.63) is 22.4 Å². The minimum atomic E-state index is 0.208. The first-order chi connectivity index (χ1) is 11.1. The zero-order valence-electron chi connectivity index (χ0n) is 14.8. The maximum Gasteiger partial charge on any atom is 0.191 e. The van der Waals surface area contributed by atoms with E-state index in [1.165, 1.54) is 30.8 Å². The van der Waals surface area contributed by atoms with Gasteiger partial charge in [0.1, 0.15) is 0 Å². The normalized spacial score (nSPS) is 18.2. The third kappa shape index (κ3) is 5.69. The Hall–Kier alpha value is -0.720. The first kappa shape index (κ1) is 18.6. The summed E-state index contributed by atoms with van der Waals surface area (Å²) in [5.41, 5.74) is 0. The lowest BCUT2D eigenvalue weighted by molar-refractivity contribution is 0.249. The standard InChI is InChI=1S/C17H30N4S2/c1-17(2,22-4)13-20-16(18-3)19-12-14(15-8-7-11-23-15)21-9-5-6-10-21/h7-8,11,14H,5-6,9-10,12-13H2,1-4H3,(H2,18,19,20). The lowest BCUT2D eigenvalue weighted by Crippen LogP contribution is -2.46. The molecule has 0 amide bonds. The monoisotopic (exact) mass is 354 g/mol. The van der Waals surface area contributed by atoms with Crippen LogP contribution in [0.1, 0.15) is 37.6 Å². The van der Waals surface area contributed by atoms with Gasteiger partial charge in [0.2, 0.25) is 0 Å². The highest BCUT2D eigenvalue weighted by Crippen LogP contribution is 2.27. The number of hydrogen-bond donors (Lipinski definition) is 2. The molecule has 0 aliphatic carbocycles. The van der Waals surface area contributed by atoms with Crippen molar-refractivity contribution in [2.24, 2.45) is 4.99 Å². The Kier molecular flexibility index (Phi) is 7.24. The summed E-state index contributed by atoms with van der Waals surface area (Å²) in [5, 5.41) is 9.15. The minimum Gasteiger partial charge on any atom is -0.355 e. The fourth-order valence-electron chi connectivity index (χ4n) is 2.73. The third-order valence-electron chi connectivity index (χ3n) is 4.37. The van der Waals surface area contributed by atoms with Crippen molar-refractivity contribution >= 4 is 29.1 Å².